The average molecular weight is 557 g/mol. The molecule has 0 unspecified atom stereocenters. The summed E-state index contributed by atoms with van der Waals surface area (Å²) < 4.78 is 0. The van der Waals surface area contributed by atoms with Gasteiger partial charge >= 0.3 is 5.97 Å². The van der Waals surface area contributed by atoms with Crippen molar-refractivity contribution in [1.29, 1.82) is 0 Å². The monoisotopic (exact) mass is 556 g/mol. The minimum absolute atomic E-state index is 0.244. The van der Waals surface area contributed by atoms with E-state index in [-0.39, 0.29) is 5.56 Å². The highest BCUT2D eigenvalue weighted by Gasteiger charge is 2.16. The van der Waals surface area contributed by atoms with Gasteiger partial charge in [-0.2, -0.15) is 0 Å². The van der Waals surface area contributed by atoms with Gasteiger partial charge in [-0.1, -0.05) is 96.3 Å². The number of aromatic amines is 1. The lowest BCUT2D eigenvalue weighted by molar-refractivity contribution is 0.0697. The molecule has 0 aliphatic heterocycles. The van der Waals surface area contributed by atoms with Gasteiger partial charge in [-0.25, -0.2) is 9.78 Å². The molecule has 6 heteroatoms. The van der Waals surface area contributed by atoms with Crippen LogP contribution in [0.4, 0.5) is 0 Å². The summed E-state index contributed by atoms with van der Waals surface area (Å²) in [6, 6.07) is 44.3. The minimum Gasteiger partial charge on any atom is -0.478 e. The Balaban J connectivity index is 1.34. The van der Waals surface area contributed by atoms with Crippen LogP contribution in [0.3, 0.4) is 0 Å². The van der Waals surface area contributed by atoms with Crippen molar-refractivity contribution < 1.29 is 9.90 Å². The first-order chi connectivity index (χ1) is 19.6. The summed E-state index contributed by atoms with van der Waals surface area (Å²) >= 11 is 3.45. The van der Waals surface area contributed by atoms with Crippen LogP contribution in [0.5, 0.6) is 0 Å². The number of benzene rings is 5. The van der Waals surface area contributed by atoms with E-state index in [9.17, 15) is 9.90 Å². The van der Waals surface area contributed by atoms with Crippen molar-refractivity contribution in [2.45, 2.75) is 19.6 Å². The molecule has 1 aromatic heterocycles. The molecule has 0 aliphatic carbocycles. The zero-order chi connectivity index (χ0) is 27.3. The number of aromatic carboxylic acids is 1. The van der Waals surface area contributed by atoms with E-state index in [1.807, 2.05) is 36.4 Å². The molecule has 0 saturated carbocycles. The highest BCUT2D eigenvalue weighted by Crippen LogP contribution is 2.36. The topological polar surface area (TPSA) is 66.0 Å². The number of nitrogens with zero attached hydrogens (tertiary/aromatic N) is 1. The summed E-state index contributed by atoms with van der Waals surface area (Å²) in [4.78, 5) is 24.5. The smallest absolute Gasteiger partial charge is 0.335 e. The van der Waals surface area contributed by atoms with Crippen LogP contribution in [0.1, 0.15) is 10.4 Å². The Bertz CT molecular complexity index is 1630. The Kier molecular flexibility index (Phi) is 7.53. The lowest BCUT2D eigenvalue weighted by Crippen LogP contribution is -1.95. The third-order valence-electron chi connectivity index (χ3n) is 6.34. The van der Waals surface area contributed by atoms with Crippen molar-refractivity contribution in [3.8, 4) is 33.9 Å². The van der Waals surface area contributed by atoms with Gasteiger partial charge in [0, 0.05) is 36.3 Å². The Hall–Kier alpha value is -4.52. The fourth-order valence-corrected chi connectivity index (χ4v) is 5.99. The van der Waals surface area contributed by atoms with Crippen LogP contribution in [-0.2, 0) is 0 Å². The fourth-order valence-electron chi connectivity index (χ4n) is 4.32. The fraction of sp³-hybridized carbons (Fsp3) is 0. The van der Waals surface area contributed by atoms with Gasteiger partial charge in [0.15, 0.2) is 0 Å². The van der Waals surface area contributed by atoms with E-state index in [1.54, 1.807) is 47.8 Å². The molecule has 0 fully saturated rings. The molecular weight excluding hydrogens is 533 g/mol. The molecule has 4 nitrogen and oxygen atoms in total. The number of nitrogens with one attached hydrogen (secondary N) is 1. The molecule has 0 spiro atoms. The normalized spacial score (nSPS) is 10.9. The van der Waals surface area contributed by atoms with E-state index < -0.39 is 5.97 Å². The summed E-state index contributed by atoms with van der Waals surface area (Å²) in [7, 11) is 0. The quantitative estimate of drug-likeness (QED) is 0.195. The maximum atomic E-state index is 11.3. The summed E-state index contributed by atoms with van der Waals surface area (Å²) in [5.41, 5.74) is 4.85. The molecule has 6 rings (SSSR count). The first kappa shape index (κ1) is 25.7. The molecular formula is C34H24N2O2S2. The Morgan fingerprint density at radius 2 is 1.00 bits per heavy atom. The number of imidazole rings is 1. The SMILES string of the molecule is O=C(O)c1ccc(-c2nc(-c3ccc(Sc4ccccc4)cc3)c(-c3ccc(Sc4ccccc4)cc3)[nH]2)cc1. The van der Waals surface area contributed by atoms with E-state index in [0.717, 1.165) is 37.9 Å². The van der Waals surface area contributed by atoms with Gasteiger partial charge in [0.1, 0.15) is 5.82 Å². The molecule has 1 heterocycles. The number of aromatic nitrogens is 2. The van der Waals surface area contributed by atoms with Gasteiger partial charge in [0.2, 0.25) is 0 Å². The summed E-state index contributed by atoms with van der Waals surface area (Å²) in [5.74, 6) is -0.262. The zero-order valence-electron chi connectivity index (χ0n) is 21.3. The highest BCUT2D eigenvalue weighted by atomic mass is 32.2. The number of H-pyrrole nitrogens is 1. The highest BCUT2D eigenvalue weighted by molar-refractivity contribution is 7.99. The van der Waals surface area contributed by atoms with E-state index in [4.69, 9.17) is 4.98 Å². The second-order valence-corrected chi connectivity index (χ2v) is 11.4. The number of carboxylic acid groups (broad SMARTS) is 1. The molecule has 0 aliphatic rings. The molecule has 0 amide bonds. The maximum absolute atomic E-state index is 11.3. The standard InChI is InChI=1S/C34H24N2O2S2/c37-34(38)26-13-11-25(12-14-26)33-35-31(23-15-19-29(20-16-23)39-27-7-3-1-4-8-27)32(36-33)24-17-21-30(22-18-24)40-28-9-5-2-6-10-28/h1-22H,(H,35,36)(H,37,38). The largest absolute Gasteiger partial charge is 0.478 e. The summed E-state index contributed by atoms with van der Waals surface area (Å²) in [5, 5.41) is 9.30. The number of carboxylic acids is 1. The van der Waals surface area contributed by atoms with Crippen LogP contribution in [0.2, 0.25) is 0 Å². The molecule has 0 radical (unpaired) electrons. The van der Waals surface area contributed by atoms with E-state index in [1.165, 1.54) is 9.79 Å². The van der Waals surface area contributed by atoms with Crippen LogP contribution in [-0.4, -0.2) is 21.0 Å². The van der Waals surface area contributed by atoms with Crippen LogP contribution >= 0.6 is 23.5 Å². The molecule has 0 bridgehead atoms. The average Bonchev–Trinajstić information content (AvgIpc) is 3.45. The number of hydrogen-bond donors (Lipinski definition) is 2. The minimum atomic E-state index is -0.950. The molecule has 194 valence electrons. The first-order valence-corrected chi connectivity index (χ1v) is 14.4. The molecule has 5 aromatic carbocycles. The molecule has 0 saturated heterocycles. The number of carbonyl (C=O) groups is 1. The van der Waals surface area contributed by atoms with E-state index >= 15 is 0 Å². The second-order valence-electron chi connectivity index (χ2n) is 9.07. The van der Waals surface area contributed by atoms with Crippen molar-refractivity contribution in [3.05, 3.63) is 139 Å². The van der Waals surface area contributed by atoms with Gasteiger partial charge in [-0.05, 0) is 60.7 Å². The molecule has 6 aromatic rings. The maximum Gasteiger partial charge on any atom is 0.335 e. The van der Waals surface area contributed by atoms with Crippen molar-refractivity contribution in [3.63, 3.8) is 0 Å². The number of hydrogen-bond acceptors (Lipinski definition) is 4. The summed E-state index contributed by atoms with van der Waals surface area (Å²) in [6.07, 6.45) is 0. The lowest BCUT2D eigenvalue weighted by atomic mass is 10.1. The van der Waals surface area contributed by atoms with Crippen molar-refractivity contribution >= 4 is 29.5 Å². The van der Waals surface area contributed by atoms with Crippen molar-refractivity contribution in [1.82, 2.24) is 9.97 Å². The van der Waals surface area contributed by atoms with Gasteiger partial charge in [0.05, 0.1) is 17.0 Å². The van der Waals surface area contributed by atoms with Crippen LogP contribution in [0, 0.1) is 0 Å². The van der Waals surface area contributed by atoms with Crippen molar-refractivity contribution in [2.24, 2.45) is 0 Å². The van der Waals surface area contributed by atoms with Crippen LogP contribution in [0.25, 0.3) is 33.9 Å². The van der Waals surface area contributed by atoms with Crippen LogP contribution in [0.15, 0.2) is 153 Å². The Labute approximate surface area is 241 Å². The molecule has 0 atom stereocenters. The molecule has 40 heavy (non-hydrogen) atoms. The van der Waals surface area contributed by atoms with E-state index in [0.29, 0.717) is 5.82 Å². The predicted octanol–water partition coefficient (Wildman–Crippen LogP) is 9.41. The summed E-state index contributed by atoms with van der Waals surface area (Å²) in [6.45, 7) is 0. The van der Waals surface area contributed by atoms with Gasteiger partial charge in [-0.15, -0.1) is 0 Å². The van der Waals surface area contributed by atoms with Gasteiger partial charge < -0.3 is 10.1 Å². The Morgan fingerprint density at radius 3 is 1.50 bits per heavy atom. The predicted molar refractivity (Wildman–Crippen MR) is 163 cm³/mol. The van der Waals surface area contributed by atoms with Gasteiger partial charge in [0.25, 0.3) is 0 Å². The van der Waals surface area contributed by atoms with Gasteiger partial charge in [-0.3, -0.25) is 0 Å². The van der Waals surface area contributed by atoms with E-state index in [2.05, 4.69) is 77.8 Å². The lowest BCUT2D eigenvalue weighted by Gasteiger charge is -2.07. The van der Waals surface area contributed by atoms with Crippen molar-refractivity contribution in [2.75, 3.05) is 0 Å². The molecule has 2 N–H and O–H groups in total. The number of rotatable bonds is 8. The zero-order valence-corrected chi connectivity index (χ0v) is 23.0. The second kappa shape index (κ2) is 11.7. The third kappa shape index (κ3) is 5.88. The third-order valence-corrected chi connectivity index (χ3v) is 8.37. The Morgan fingerprint density at radius 1 is 0.550 bits per heavy atom. The van der Waals surface area contributed by atoms with Crippen LogP contribution < -0.4 is 0 Å². The first-order valence-electron chi connectivity index (χ1n) is 12.7.